The topological polar surface area (TPSA) is 55.4 Å². The number of rotatable bonds is 5. The molecular weight excluding hydrogens is 239 g/mol. The molecule has 100 valence electrons. The molecule has 0 aromatic rings. The number of hydrogen-bond acceptors (Lipinski definition) is 3. The SMILES string of the molecule is COC(=O)C(CC(C)C)NC(=O)CC(F)(F)F. The van der Waals surface area contributed by atoms with Crippen LogP contribution in [-0.2, 0) is 14.3 Å². The average Bonchev–Trinajstić information content (AvgIpc) is 2.11. The van der Waals surface area contributed by atoms with Crippen LogP contribution in [0, 0.1) is 5.92 Å². The third-order valence-electron chi connectivity index (χ3n) is 1.89. The van der Waals surface area contributed by atoms with Crippen molar-refractivity contribution in [3.63, 3.8) is 0 Å². The van der Waals surface area contributed by atoms with E-state index in [1.807, 2.05) is 5.32 Å². The lowest BCUT2D eigenvalue weighted by molar-refractivity contribution is -0.157. The molecule has 0 rings (SSSR count). The maximum atomic E-state index is 11.9. The summed E-state index contributed by atoms with van der Waals surface area (Å²) in [5.41, 5.74) is 0. The van der Waals surface area contributed by atoms with Crippen LogP contribution in [0.4, 0.5) is 13.2 Å². The smallest absolute Gasteiger partial charge is 0.397 e. The van der Waals surface area contributed by atoms with Crippen molar-refractivity contribution in [1.82, 2.24) is 5.32 Å². The lowest BCUT2D eigenvalue weighted by atomic mass is 10.0. The van der Waals surface area contributed by atoms with Crippen LogP contribution in [0.3, 0.4) is 0 Å². The number of methoxy groups -OCH3 is 1. The van der Waals surface area contributed by atoms with E-state index in [0.29, 0.717) is 0 Å². The first-order valence-corrected chi connectivity index (χ1v) is 5.09. The number of esters is 1. The van der Waals surface area contributed by atoms with Crippen molar-refractivity contribution in [3.05, 3.63) is 0 Å². The van der Waals surface area contributed by atoms with Crippen molar-refractivity contribution in [2.24, 2.45) is 5.92 Å². The highest BCUT2D eigenvalue weighted by Crippen LogP contribution is 2.19. The van der Waals surface area contributed by atoms with Gasteiger partial charge in [-0.1, -0.05) is 13.8 Å². The van der Waals surface area contributed by atoms with Gasteiger partial charge < -0.3 is 10.1 Å². The molecule has 4 nitrogen and oxygen atoms in total. The van der Waals surface area contributed by atoms with E-state index >= 15 is 0 Å². The molecule has 1 atom stereocenters. The van der Waals surface area contributed by atoms with Gasteiger partial charge in [-0.3, -0.25) is 4.79 Å². The fourth-order valence-corrected chi connectivity index (χ4v) is 1.26. The fraction of sp³-hybridized carbons (Fsp3) is 0.800. The van der Waals surface area contributed by atoms with Crippen LogP contribution in [0.2, 0.25) is 0 Å². The lowest BCUT2D eigenvalue weighted by Crippen LogP contribution is -2.43. The molecule has 0 heterocycles. The number of halogens is 3. The van der Waals surface area contributed by atoms with E-state index in [2.05, 4.69) is 4.74 Å². The normalized spacial score (nSPS) is 13.4. The van der Waals surface area contributed by atoms with Crippen molar-refractivity contribution in [3.8, 4) is 0 Å². The van der Waals surface area contributed by atoms with Crippen LogP contribution < -0.4 is 5.32 Å². The minimum Gasteiger partial charge on any atom is -0.467 e. The first-order valence-electron chi connectivity index (χ1n) is 5.09. The largest absolute Gasteiger partial charge is 0.467 e. The molecule has 7 heteroatoms. The van der Waals surface area contributed by atoms with Crippen molar-refractivity contribution < 1.29 is 27.5 Å². The zero-order valence-corrected chi connectivity index (χ0v) is 9.93. The molecule has 0 aromatic carbocycles. The summed E-state index contributed by atoms with van der Waals surface area (Å²) in [6.07, 6.45) is -5.95. The first kappa shape index (κ1) is 15.7. The number of nitrogens with one attached hydrogen (secondary N) is 1. The Morgan fingerprint density at radius 2 is 1.82 bits per heavy atom. The van der Waals surface area contributed by atoms with Gasteiger partial charge in [0.05, 0.1) is 7.11 Å². The molecule has 0 radical (unpaired) electrons. The molecule has 1 unspecified atom stereocenters. The monoisotopic (exact) mass is 255 g/mol. The lowest BCUT2D eigenvalue weighted by Gasteiger charge is -2.18. The summed E-state index contributed by atoms with van der Waals surface area (Å²) in [5.74, 6) is -1.92. The Labute approximate surface area is 97.5 Å². The second kappa shape index (κ2) is 6.46. The van der Waals surface area contributed by atoms with E-state index in [1.54, 1.807) is 13.8 Å². The van der Waals surface area contributed by atoms with Gasteiger partial charge in [-0.25, -0.2) is 4.79 Å². The van der Waals surface area contributed by atoms with Gasteiger partial charge in [0.2, 0.25) is 5.91 Å². The van der Waals surface area contributed by atoms with E-state index in [1.165, 1.54) is 0 Å². The second-order valence-electron chi connectivity index (χ2n) is 4.06. The Hall–Kier alpha value is -1.27. The van der Waals surface area contributed by atoms with Crippen molar-refractivity contribution in [2.75, 3.05) is 7.11 Å². The summed E-state index contributed by atoms with van der Waals surface area (Å²) in [5, 5.41) is 2.02. The Morgan fingerprint density at radius 3 is 2.18 bits per heavy atom. The van der Waals surface area contributed by atoms with E-state index < -0.39 is 30.5 Å². The molecule has 0 aliphatic carbocycles. The van der Waals surface area contributed by atoms with Gasteiger partial charge >= 0.3 is 12.1 Å². The minimum absolute atomic E-state index is 0.0466. The molecule has 1 amide bonds. The van der Waals surface area contributed by atoms with Gasteiger partial charge in [-0.2, -0.15) is 13.2 Å². The van der Waals surface area contributed by atoms with Crippen LogP contribution in [0.5, 0.6) is 0 Å². The van der Waals surface area contributed by atoms with Crippen LogP contribution in [0.1, 0.15) is 26.7 Å². The molecule has 0 saturated heterocycles. The van der Waals surface area contributed by atoms with Crippen molar-refractivity contribution in [1.29, 1.82) is 0 Å². The number of carbonyl (C=O) groups is 2. The third kappa shape index (κ3) is 7.59. The molecule has 0 aliphatic rings. The number of amides is 1. The van der Waals surface area contributed by atoms with Gasteiger partial charge in [0.15, 0.2) is 0 Å². The Bertz CT molecular complexity index is 276. The van der Waals surface area contributed by atoms with Gasteiger partial charge in [0.25, 0.3) is 0 Å². The third-order valence-corrected chi connectivity index (χ3v) is 1.89. The number of alkyl halides is 3. The fourth-order valence-electron chi connectivity index (χ4n) is 1.26. The zero-order chi connectivity index (χ0) is 13.6. The summed E-state index contributed by atoms with van der Waals surface area (Å²) in [7, 11) is 1.12. The average molecular weight is 255 g/mol. The van der Waals surface area contributed by atoms with Crippen LogP contribution in [0.25, 0.3) is 0 Å². The molecule has 0 bridgehead atoms. The van der Waals surface area contributed by atoms with E-state index in [4.69, 9.17) is 0 Å². The maximum Gasteiger partial charge on any atom is 0.397 e. The van der Waals surface area contributed by atoms with Crippen molar-refractivity contribution >= 4 is 11.9 Å². The quantitative estimate of drug-likeness (QED) is 0.760. The summed E-state index contributed by atoms with van der Waals surface area (Å²) < 4.78 is 40.2. The van der Waals surface area contributed by atoms with Crippen molar-refractivity contribution in [2.45, 2.75) is 38.9 Å². The summed E-state index contributed by atoms with van der Waals surface area (Å²) >= 11 is 0. The predicted molar refractivity (Wildman–Crippen MR) is 54.1 cm³/mol. The van der Waals surface area contributed by atoms with Gasteiger partial charge in [-0.15, -0.1) is 0 Å². The van der Waals surface area contributed by atoms with Crippen LogP contribution >= 0.6 is 0 Å². The van der Waals surface area contributed by atoms with Gasteiger partial charge in [0.1, 0.15) is 12.5 Å². The summed E-state index contributed by atoms with van der Waals surface area (Å²) in [4.78, 5) is 22.3. The number of ether oxygens (including phenoxy) is 1. The number of hydrogen-bond donors (Lipinski definition) is 1. The molecule has 0 aromatic heterocycles. The van der Waals surface area contributed by atoms with E-state index in [0.717, 1.165) is 7.11 Å². The van der Waals surface area contributed by atoms with E-state index in [-0.39, 0.29) is 12.3 Å². The highest BCUT2D eigenvalue weighted by atomic mass is 19.4. The molecule has 0 fully saturated rings. The Balaban J connectivity index is 4.43. The molecular formula is C10H16F3NO3. The first-order chi connectivity index (χ1) is 7.65. The Morgan fingerprint density at radius 1 is 1.29 bits per heavy atom. The zero-order valence-electron chi connectivity index (χ0n) is 9.93. The summed E-state index contributed by atoms with van der Waals surface area (Å²) in [6, 6.07) is -1.03. The molecule has 1 N–H and O–H groups in total. The number of carbonyl (C=O) groups excluding carboxylic acids is 2. The van der Waals surface area contributed by atoms with Gasteiger partial charge in [0, 0.05) is 0 Å². The minimum atomic E-state index is -4.58. The molecule has 0 spiro atoms. The van der Waals surface area contributed by atoms with Crippen LogP contribution in [0.15, 0.2) is 0 Å². The second-order valence-corrected chi connectivity index (χ2v) is 4.06. The molecule has 0 aliphatic heterocycles. The molecule has 17 heavy (non-hydrogen) atoms. The van der Waals surface area contributed by atoms with Crippen LogP contribution in [-0.4, -0.2) is 31.2 Å². The maximum absolute atomic E-state index is 11.9. The standard InChI is InChI=1S/C10H16F3NO3/c1-6(2)4-7(9(16)17-3)14-8(15)5-10(11,12)13/h6-7H,4-5H2,1-3H3,(H,14,15). The predicted octanol–water partition coefficient (Wildman–Crippen LogP) is 1.64. The van der Waals surface area contributed by atoms with Gasteiger partial charge in [-0.05, 0) is 12.3 Å². The highest BCUT2D eigenvalue weighted by molar-refractivity contribution is 5.84. The Kier molecular flexibility index (Phi) is 5.98. The molecule has 0 saturated carbocycles. The van der Waals surface area contributed by atoms with E-state index in [9.17, 15) is 22.8 Å². The highest BCUT2D eigenvalue weighted by Gasteiger charge is 2.33. The summed E-state index contributed by atoms with van der Waals surface area (Å²) in [6.45, 7) is 3.57.